The summed E-state index contributed by atoms with van der Waals surface area (Å²) in [4.78, 5) is 32.2. The average Bonchev–Trinajstić information content (AvgIpc) is 3.25. The molecule has 1 N–H and O–H groups in total. The highest BCUT2D eigenvalue weighted by Gasteiger charge is 2.41. The number of carbonyl (C=O) groups is 2. The first-order valence-corrected chi connectivity index (χ1v) is 9.48. The Hall–Kier alpha value is -2.26. The van der Waals surface area contributed by atoms with Gasteiger partial charge in [0.2, 0.25) is 5.91 Å². The zero-order valence-corrected chi connectivity index (χ0v) is 15.5. The van der Waals surface area contributed by atoms with E-state index in [2.05, 4.69) is 15.4 Å². The van der Waals surface area contributed by atoms with Crippen LogP contribution in [0.3, 0.4) is 0 Å². The number of aryl methyl sites for hydroxylation is 2. The summed E-state index contributed by atoms with van der Waals surface area (Å²) in [7, 11) is 3.51. The van der Waals surface area contributed by atoms with Crippen molar-refractivity contribution in [2.45, 2.75) is 37.5 Å². The van der Waals surface area contributed by atoms with Gasteiger partial charge >= 0.3 is 0 Å². The van der Waals surface area contributed by atoms with Crippen molar-refractivity contribution in [2.75, 3.05) is 13.7 Å². The molecule has 0 aromatic carbocycles. The zero-order valence-electron chi connectivity index (χ0n) is 14.7. The lowest BCUT2D eigenvalue weighted by Gasteiger charge is -2.38. The second kappa shape index (κ2) is 6.81. The number of carbonyl (C=O) groups excluding carboxylic acids is 2. The maximum Gasteiger partial charge on any atom is 0.251 e. The van der Waals surface area contributed by atoms with E-state index in [0.717, 1.165) is 30.5 Å². The second-order valence-electron chi connectivity index (χ2n) is 6.80. The lowest BCUT2D eigenvalue weighted by atomic mass is 9.96. The summed E-state index contributed by atoms with van der Waals surface area (Å²) in [5.41, 5.74) is 3.79. The molecule has 0 spiro atoms. The van der Waals surface area contributed by atoms with Crippen LogP contribution in [0.4, 0.5) is 0 Å². The summed E-state index contributed by atoms with van der Waals surface area (Å²) in [5, 5.41) is 7.28. The first kappa shape index (κ1) is 17.2. The molecule has 8 nitrogen and oxygen atoms in total. The van der Waals surface area contributed by atoms with E-state index in [0.29, 0.717) is 0 Å². The summed E-state index contributed by atoms with van der Waals surface area (Å²) in [6.45, 7) is -0.0883. The van der Waals surface area contributed by atoms with Gasteiger partial charge in [0.1, 0.15) is 6.61 Å². The second-order valence-corrected chi connectivity index (χ2v) is 7.74. The first-order chi connectivity index (χ1) is 12.5. The van der Waals surface area contributed by atoms with Gasteiger partial charge in [0.05, 0.1) is 23.4 Å². The van der Waals surface area contributed by atoms with Gasteiger partial charge in [0.25, 0.3) is 5.91 Å². The van der Waals surface area contributed by atoms with E-state index in [1.54, 1.807) is 41.2 Å². The highest BCUT2D eigenvalue weighted by molar-refractivity contribution is 7.09. The molecule has 1 fully saturated rings. The van der Waals surface area contributed by atoms with Gasteiger partial charge in [-0.1, -0.05) is 0 Å². The standard InChI is InChI=1S/C17H21N5O3S/c1-21-7-10(6-19-21)15-16(25-8-14(23)22(15)2)17(24)20-11-3-4-12-13(5-11)26-9-18-12/h6-7,9,11,15-16H,3-5,8H2,1-2H3,(H,20,24)/t11-,15+,16+/m0/s1. The third-order valence-electron chi connectivity index (χ3n) is 5.04. The van der Waals surface area contributed by atoms with Gasteiger partial charge in [-0.25, -0.2) is 4.98 Å². The van der Waals surface area contributed by atoms with E-state index >= 15 is 0 Å². The van der Waals surface area contributed by atoms with Gasteiger partial charge in [0, 0.05) is 43.2 Å². The molecular formula is C17H21N5O3S. The summed E-state index contributed by atoms with van der Waals surface area (Å²) in [6, 6.07) is -0.413. The summed E-state index contributed by atoms with van der Waals surface area (Å²) in [5.74, 6) is -0.328. The van der Waals surface area contributed by atoms with Crippen molar-refractivity contribution in [3.63, 3.8) is 0 Å². The molecule has 9 heteroatoms. The van der Waals surface area contributed by atoms with E-state index in [4.69, 9.17) is 4.74 Å². The fourth-order valence-corrected chi connectivity index (χ4v) is 4.52. The molecule has 3 heterocycles. The molecule has 2 aromatic rings. The molecular weight excluding hydrogens is 354 g/mol. The van der Waals surface area contributed by atoms with Crippen LogP contribution >= 0.6 is 11.3 Å². The van der Waals surface area contributed by atoms with Crippen molar-refractivity contribution < 1.29 is 14.3 Å². The smallest absolute Gasteiger partial charge is 0.251 e. The molecule has 2 aromatic heterocycles. The third-order valence-corrected chi connectivity index (χ3v) is 5.94. The maximum atomic E-state index is 12.9. The van der Waals surface area contributed by atoms with Crippen molar-refractivity contribution in [3.8, 4) is 0 Å². The van der Waals surface area contributed by atoms with Crippen molar-refractivity contribution in [1.82, 2.24) is 25.0 Å². The van der Waals surface area contributed by atoms with Gasteiger partial charge in [-0.15, -0.1) is 11.3 Å². The van der Waals surface area contributed by atoms with Crippen LogP contribution < -0.4 is 5.32 Å². The fraction of sp³-hybridized carbons (Fsp3) is 0.529. The minimum Gasteiger partial charge on any atom is -0.356 e. The number of nitrogens with one attached hydrogen (secondary N) is 1. The number of thiazole rings is 1. The molecule has 2 aliphatic rings. The highest BCUT2D eigenvalue weighted by Crippen LogP contribution is 2.30. The van der Waals surface area contributed by atoms with Crippen LogP contribution in [0.2, 0.25) is 0 Å². The van der Waals surface area contributed by atoms with Gasteiger partial charge in [-0.2, -0.15) is 5.10 Å². The Morgan fingerprint density at radius 1 is 1.42 bits per heavy atom. The minimum absolute atomic E-state index is 0.0662. The molecule has 0 bridgehead atoms. The quantitative estimate of drug-likeness (QED) is 0.841. The number of rotatable bonds is 3. The van der Waals surface area contributed by atoms with Crippen LogP contribution in [0.25, 0.3) is 0 Å². The Labute approximate surface area is 155 Å². The van der Waals surface area contributed by atoms with Gasteiger partial charge in [-0.3, -0.25) is 14.3 Å². The predicted molar refractivity (Wildman–Crippen MR) is 94.5 cm³/mol. The molecule has 26 heavy (non-hydrogen) atoms. The SMILES string of the molecule is CN1C(=O)CO[C@@H](C(=O)N[C@H]2CCc3ncsc3C2)[C@H]1c1cnn(C)c1. The van der Waals surface area contributed by atoms with Crippen molar-refractivity contribution in [3.05, 3.63) is 34.0 Å². The molecule has 138 valence electrons. The summed E-state index contributed by atoms with van der Waals surface area (Å²) in [6.07, 6.45) is 5.28. The molecule has 1 aliphatic heterocycles. The summed E-state index contributed by atoms with van der Waals surface area (Å²) >= 11 is 1.64. The van der Waals surface area contributed by atoms with Crippen LogP contribution in [0.1, 0.15) is 28.6 Å². The monoisotopic (exact) mass is 375 g/mol. The zero-order chi connectivity index (χ0) is 18.3. The molecule has 0 saturated carbocycles. The fourth-order valence-electron chi connectivity index (χ4n) is 3.63. The Balaban J connectivity index is 1.51. The van der Waals surface area contributed by atoms with E-state index in [1.807, 2.05) is 11.7 Å². The average molecular weight is 375 g/mol. The maximum absolute atomic E-state index is 12.9. The van der Waals surface area contributed by atoms with Crippen molar-refractivity contribution in [1.29, 1.82) is 0 Å². The largest absolute Gasteiger partial charge is 0.356 e. The molecule has 0 radical (unpaired) electrons. The number of nitrogens with zero attached hydrogens (tertiary/aromatic N) is 4. The number of likely N-dealkylation sites (N-methyl/N-ethyl adjacent to an activating group) is 1. The van der Waals surface area contributed by atoms with Crippen LogP contribution in [0.5, 0.6) is 0 Å². The van der Waals surface area contributed by atoms with Crippen LogP contribution in [-0.4, -0.2) is 57.3 Å². The van der Waals surface area contributed by atoms with E-state index in [1.165, 1.54) is 4.88 Å². The number of hydrogen-bond donors (Lipinski definition) is 1. The number of hydrogen-bond acceptors (Lipinski definition) is 6. The Morgan fingerprint density at radius 2 is 2.27 bits per heavy atom. The lowest BCUT2D eigenvalue weighted by molar-refractivity contribution is -0.162. The number of ether oxygens (including phenoxy) is 1. The highest BCUT2D eigenvalue weighted by atomic mass is 32.1. The number of amides is 2. The molecule has 1 aliphatic carbocycles. The van der Waals surface area contributed by atoms with Crippen molar-refractivity contribution in [2.24, 2.45) is 7.05 Å². The lowest BCUT2D eigenvalue weighted by Crippen LogP contribution is -2.54. The van der Waals surface area contributed by atoms with Gasteiger partial charge in [0.15, 0.2) is 6.10 Å². The number of fused-ring (bicyclic) bond motifs is 1. The van der Waals surface area contributed by atoms with Crippen LogP contribution in [-0.2, 0) is 34.2 Å². The summed E-state index contributed by atoms with van der Waals surface area (Å²) < 4.78 is 7.30. The topological polar surface area (TPSA) is 89.3 Å². The molecule has 1 saturated heterocycles. The van der Waals surface area contributed by atoms with Gasteiger partial charge in [-0.05, 0) is 12.8 Å². The van der Waals surface area contributed by atoms with E-state index in [-0.39, 0.29) is 24.5 Å². The third kappa shape index (κ3) is 3.12. The molecule has 4 rings (SSSR count). The van der Waals surface area contributed by atoms with Crippen LogP contribution in [0.15, 0.2) is 17.9 Å². The van der Waals surface area contributed by atoms with Crippen LogP contribution in [0, 0.1) is 0 Å². The Bertz CT molecular complexity index is 832. The minimum atomic E-state index is -0.746. The van der Waals surface area contributed by atoms with E-state index < -0.39 is 12.1 Å². The number of morpholine rings is 1. The van der Waals surface area contributed by atoms with Gasteiger partial charge < -0.3 is 15.0 Å². The normalized spacial score (nSPS) is 25.8. The Morgan fingerprint density at radius 3 is 3.04 bits per heavy atom. The molecule has 0 unspecified atom stereocenters. The van der Waals surface area contributed by atoms with E-state index in [9.17, 15) is 9.59 Å². The van der Waals surface area contributed by atoms with Crippen molar-refractivity contribution >= 4 is 23.2 Å². The number of aromatic nitrogens is 3. The first-order valence-electron chi connectivity index (χ1n) is 8.60. The predicted octanol–water partition coefficient (Wildman–Crippen LogP) is 0.449. The Kier molecular flexibility index (Phi) is 4.49. The molecule has 3 atom stereocenters. The molecule has 2 amide bonds.